The van der Waals surface area contributed by atoms with Gasteiger partial charge in [-0.2, -0.15) is 13.2 Å². The first kappa shape index (κ1) is 28.0. The van der Waals surface area contributed by atoms with Crippen molar-refractivity contribution in [3.8, 4) is 0 Å². The number of ketones is 1. The largest absolute Gasteiger partial charge is 0.409 e. The quantitative estimate of drug-likeness (QED) is 0.242. The summed E-state index contributed by atoms with van der Waals surface area (Å²) in [5, 5.41) is 2.83. The second kappa shape index (κ2) is 10.4. The number of hydrogen-bond donors (Lipinski definition) is 2. The molecule has 200 valence electrons. The second-order valence-electron chi connectivity index (χ2n) is 9.83. The monoisotopic (exact) mass is 535 g/mol. The van der Waals surface area contributed by atoms with Crippen LogP contribution in [-0.2, 0) is 24.2 Å². The molecule has 2 aliphatic rings. The van der Waals surface area contributed by atoms with E-state index in [1.54, 1.807) is 0 Å². The maximum atomic E-state index is 14.0. The molecule has 2 aliphatic carbocycles. The molecular formula is C23H29F4N3O5S. The van der Waals surface area contributed by atoms with E-state index < -0.39 is 68.7 Å². The normalized spacial score (nSPS) is 17.4. The summed E-state index contributed by atoms with van der Waals surface area (Å²) in [5.74, 6) is -4.85. The van der Waals surface area contributed by atoms with Gasteiger partial charge in [-0.25, -0.2) is 18.2 Å². The van der Waals surface area contributed by atoms with Crippen LogP contribution >= 0.6 is 0 Å². The standard InChI is InChI=1S/C23H29F4N3O5S/c1-22(2,20(32)21(33)28-17-9-10-17)30(18(31)11-12-36(34,35)13-14-3-4-14)29-19(23(25,26)27)15-5-7-16(24)8-6-15/h5-8,14,17,19,29H,3-4,9-13H2,1-2H3,(H,28,33)/t19-/m0/s1. The van der Waals surface area contributed by atoms with Crippen molar-refractivity contribution in [2.75, 3.05) is 11.5 Å². The van der Waals surface area contributed by atoms with Crippen molar-refractivity contribution in [3.05, 3.63) is 35.6 Å². The average Bonchev–Trinajstić information content (AvgIpc) is 3.69. The van der Waals surface area contributed by atoms with Gasteiger partial charge in [0.2, 0.25) is 11.7 Å². The van der Waals surface area contributed by atoms with Crippen LogP contribution in [0.25, 0.3) is 0 Å². The number of amides is 2. The van der Waals surface area contributed by atoms with Gasteiger partial charge in [0, 0.05) is 12.5 Å². The topological polar surface area (TPSA) is 113 Å². The number of rotatable bonds is 12. The lowest BCUT2D eigenvalue weighted by atomic mass is 9.96. The summed E-state index contributed by atoms with van der Waals surface area (Å²) in [7, 11) is -3.65. The van der Waals surface area contributed by atoms with E-state index in [-0.39, 0.29) is 17.7 Å². The van der Waals surface area contributed by atoms with Crippen molar-refractivity contribution in [2.24, 2.45) is 5.92 Å². The Balaban J connectivity index is 1.89. The fraction of sp³-hybridized carbons (Fsp3) is 0.609. The predicted molar refractivity (Wildman–Crippen MR) is 121 cm³/mol. The summed E-state index contributed by atoms with van der Waals surface area (Å²) in [6.45, 7) is 2.20. The average molecular weight is 536 g/mol. The molecule has 36 heavy (non-hydrogen) atoms. The van der Waals surface area contributed by atoms with Crippen LogP contribution < -0.4 is 10.7 Å². The van der Waals surface area contributed by atoms with Crippen LogP contribution in [0, 0.1) is 11.7 Å². The van der Waals surface area contributed by atoms with E-state index in [2.05, 4.69) is 5.32 Å². The highest BCUT2D eigenvalue weighted by molar-refractivity contribution is 7.91. The highest BCUT2D eigenvalue weighted by atomic mass is 32.2. The molecule has 2 N–H and O–H groups in total. The number of nitrogens with one attached hydrogen (secondary N) is 2. The molecule has 2 fully saturated rings. The van der Waals surface area contributed by atoms with Gasteiger partial charge in [-0.15, -0.1) is 0 Å². The number of hydrogen-bond acceptors (Lipinski definition) is 6. The number of carbonyl (C=O) groups is 3. The zero-order valence-electron chi connectivity index (χ0n) is 19.9. The lowest BCUT2D eigenvalue weighted by molar-refractivity contribution is -0.183. The van der Waals surface area contributed by atoms with Crippen molar-refractivity contribution < 1.29 is 40.4 Å². The smallest absolute Gasteiger partial charge is 0.347 e. The van der Waals surface area contributed by atoms with Gasteiger partial charge in [0.15, 0.2) is 9.84 Å². The van der Waals surface area contributed by atoms with Gasteiger partial charge in [-0.3, -0.25) is 19.4 Å². The molecular weight excluding hydrogens is 506 g/mol. The second-order valence-corrected chi connectivity index (χ2v) is 12.1. The Hall–Kier alpha value is -2.54. The molecule has 0 radical (unpaired) electrons. The molecule has 1 aromatic carbocycles. The molecule has 2 amide bonds. The van der Waals surface area contributed by atoms with Crippen molar-refractivity contribution in [1.82, 2.24) is 15.8 Å². The third kappa shape index (κ3) is 7.48. The van der Waals surface area contributed by atoms with Crippen molar-refractivity contribution in [2.45, 2.75) is 69.8 Å². The molecule has 1 aromatic rings. The fourth-order valence-electron chi connectivity index (χ4n) is 3.61. The summed E-state index contributed by atoms with van der Waals surface area (Å²) in [6, 6.07) is 0.598. The first-order chi connectivity index (χ1) is 16.6. The van der Waals surface area contributed by atoms with Gasteiger partial charge in [0.05, 0.1) is 11.5 Å². The molecule has 13 heteroatoms. The number of benzene rings is 1. The van der Waals surface area contributed by atoms with Crippen molar-refractivity contribution >= 4 is 27.4 Å². The Morgan fingerprint density at radius 3 is 2.14 bits per heavy atom. The van der Waals surface area contributed by atoms with E-state index >= 15 is 0 Å². The van der Waals surface area contributed by atoms with Gasteiger partial charge < -0.3 is 5.32 Å². The Labute approximate surface area is 206 Å². The molecule has 8 nitrogen and oxygen atoms in total. The molecule has 0 saturated heterocycles. The van der Waals surface area contributed by atoms with E-state index in [1.807, 2.05) is 5.43 Å². The molecule has 0 unspecified atom stereocenters. The lowest BCUT2D eigenvalue weighted by Crippen LogP contribution is -2.64. The predicted octanol–water partition coefficient (Wildman–Crippen LogP) is 2.60. The number of halogens is 4. The van der Waals surface area contributed by atoms with Crippen LogP contribution in [-0.4, -0.2) is 60.3 Å². The van der Waals surface area contributed by atoms with Crippen LogP contribution in [0.3, 0.4) is 0 Å². The Bertz CT molecular complexity index is 1100. The van der Waals surface area contributed by atoms with Crippen molar-refractivity contribution in [1.29, 1.82) is 0 Å². The number of alkyl halides is 3. The van der Waals surface area contributed by atoms with E-state index in [0.29, 0.717) is 17.9 Å². The number of Topliss-reactive ketones (excluding diaryl/α,β-unsaturated/α-hetero) is 1. The molecule has 3 rings (SSSR count). The van der Waals surface area contributed by atoms with Crippen LogP contribution in [0.15, 0.2) is 24.3 Å². The first-order valence-electron chi connectivity index (χ1n) is 11.6. The molecule has 0 heterocycles. The van der Waals surface area contributed by atoms with E-state index in [0.717, 1.165) is 51.0 Å². The fourth-order valence-corrected chi connectivity index (χ4v) is 5.31. The summed E-state index contributed by atoms with van der Waals surface area (Å²) in [4.78, 5) is 38.5. The van der Waals surface area contributed by atoms with Gasteiger partial charge in [0.1, 0.15) is 17.4 Å². The van der Waals surface area contributed by atoms with Crippen LogP contribution in [0.2, 0.25) is 0 Å². The minimum Gasteiger partial charge on any atom is -0.347 e. The zero-order chi connectivity index (χ0) is 26.9. The van der Waals surface area contributed by atoms with Gasteiger partial charge >= 0.3 is 6.18 Å². The Morgan fingerprint density at radius 2 is 1.64 bits per heavy atom. The molecule has 2 saturated carbocycles. The minimum atomic E-state index is -5.00. The van der Waals surface area contributed by atoms with Gasteiger partial charge in [-0.1, -0.05) is 12.1 Å². The molecule has 0 bridgehead atoms. The highest BCUT2D eigenvalue weighted by Crippen LogP contribution is 2.35. The highest BCUT2D eigenvalue weighted by Gasteiger charge is 2.48. The van der Waals surface area contributed by atoms with Crippen LogP contribution in [0.4, 0.5) is 17.6 Å². The SMILES string of the molecule is CC(C)(C(=O)C(=O)NC1CC1)N(N[C@@H](c1ccc(F)cc1)C(F)(F)F)C(=O)CCS(=O)(=O)CC1CC1. The number of hydrazine groups is 1. The van der Waals surface area contributed by atoms with E-state index in [9.17, 15) is 40.4 Å². The summed E-state index contributed by atoms with van der Waals surface area (Å²) in [5.41, 5.74) is -0.557. The maximum Gasteiger partial charge on any atom is 0.409 e. The maximum absolute atomic E-state index is 14.0. The third-order valence-electron chi connectivity index (χ3n) is 6.09. The number of sulfone groups is 1. The van der Waals surface area contributed by atoms with Crippen LogP contribution in [0.5, 0.6) is 0 Å². The van der Waals surface area contributed by atoms with E-state index in [1.165, 1.54) is 0 Å². The van der Waals surface area contributed by atoms with Crippen LogP contribution in [0.1, 0.15) is 57.6 Å². The minimum absolute atomic E-state index is 0.0107. The summed E-state index contributed by atoms with van der Waals surface area (Å²) >= 11 is 0. The summed E-state index contributed by atoms with van der Waals surface area (Å²) < 4.78 is 80.1. The molecule has 0 aliphatic heterocycles. The Morgan fingerprint density at radius 1 is 1.06 bits per heavy atom. The molecule has 1 atom stereocenters. The zero-order valence-corrected chi connectivity index (χ0v) is 20.7. The third-order valence-corrected chi connectivity index (χ3v) is 7.89. The molecule has 0 spiro atoms. The Kier molecular flexibility index (Phi) is 8.13. The van der Waals surface area contributed by atoms with E-state index in [4.69, 9.17) is 0 Å². The van der Waals surface area contributed by atoms with Gasteiger partial charge in [0.25, 0.3) is 5.91 Å². The number of nitrogens with zero attached hydrogens (tertiary/aromatic N) is 1. The van der Waals surface area contributed by atoms with Gasteiger partial charge in [-0.05, 0) is 63.1 Å². The number of carbonyl (C=O) groups excluding carboxylic acids is 3. The first-order valence-corrected chi connectivity index (χ1v) is 13.4. The lowest BCUT2D eigenvalue weighted by Gasteiger charge is -2.40. The summed E-state index contributed by atoms with van der Waals surface area (Å²) in [6.07, 6.45) is -2.88. The van der Waals surface area contributed by atoms with Crippen molar-refractivity contribution in [3.63, 3.8) is 0 Å². The molecule has 0 aromatic heterocycles.